The lowest BCUT2D eigenvalue weighted by Crippen LogP contribution is -2.22. The first-order valence-corrected chi connectivity index (χ1v) is 11.2. The first-order chi connectivity index (χ1) is 16.0. The zero-order valence-corrected chi connectivity index (χ0v) is 19.1. The highest BCUT2D eigenvalue weighted by Crippen LogP contribution is 2.28. The number of H-pyrrole nitrogens is 1. The maximum atomic E-state index is 13.4. The van der Waals surface area contributed by atoms with Crippen LogP contribution in [0.4, 0.5) is 0 Å². The SMILES string of the molecule is Cc1c(-n2nnnc2S[C@H](C)C(=O)c2c[nH]c3ccccc23)c(=O)n(-c2ccccc2)n1C. The van der Waals surface area contributed by atoms with E-state index in [1.165, 1.54) is 16.4 Å². The highest BCUT2D eigenvalue weighted by Gasteiger charge is 2.26. The summed E-state index contributed by atoms with van der Waals surface area (Å²) in [5.41, 5.74) is 3.07. The van der Waals surface area contributed by atoms with Crippen molar-refractivity contribution < 1.29 is 4.79 Å². The summed E-state index contributed by atoms with van der Waals surface area (Å²) in [6.07, 6.45) is 1.73. The number of aromatic nitrogens is 7. The van der Waals surface area contributed by atoms with Crippen molar-refractivity contribution in [3.63, 3.8) is 0 Å². The molecule has 0 aliphatic carbocycles. The molecule has 10 heteroatoms. The second-order valence-electron chi connectivity index (χ2n) is 7.66. The van der Waals surface area contributed by atoms with E-state index in [0.29, 0.717) is 22.1 Å². The van der Waals surface area contributed by atoms with E-state index in [0.717, 1.165) is 16.6 Å². The average molecular weight is 460 g/mol. The van der Waals surface area contributed by atoms with E-state index in [2.05, 4.69) is 20.5 Å². The zero-order chi connectivity index (χ0) is 23.1. The van der Waals surface area contributed by atoms with Gasteiger partial charge in [-0.1, -0.05) is 48.2 Å². The van der Waals surface area contributed by atoms with Crippen LogP contribution in [0.3, 0.4) is 0 Å². The minimum Gasteiger partial charge on any atom is -0.360 e. The number of benzene rings is 2. The number of nitrogens with one attached hydrogen (secondary N) is 1. The normalized spacial score (nSPS) is 12.3. The van der Waals surface area contributed by atoms with Gasteiger partial charge in [0.15, 0.2) is 11.5 Å². The molecule has 2 aromatic carbocycles. The molecule has 0 aliphatic rings. The van der Waals surface area contributed by atoms with Crippen molar-refractivity contribution in [2.24, 2.45) is 7.05 Å². The molecule has 3 heterocycles. The van der Waals surface area contributed by atoms with Crippen LogP contribution in [0.5, 0.6) is 0 Å². The first-order valence-electron chi connectivity index (χ1n) is 10.4. The Morgan fingerprint density at radius 2 is 1.82 bits per heavy atom. The number of carbonyl (C=O) groups is 1. The van der Waals surface area contributed by atoms with Gasteiger partial charge < -0.3 is 4.98 Å². The average Bonchev–Trinajstić information content (AvgIpc) is 3.51. The van der Waals surface area contributed by atoms with Crippen LogP contribution in [-0.2, 0) is 7.05 Å². The summed E-state index contributed by atoms with van der Waals surface area (Å²) in [5.74, 6) is -0.0431. The molecular formula is C23H21N7O2S. The molecule has 0 amide bonds. The van der Waals surface area contributed by atoms with Crippen LogP contribution >= 0.6 is 11.8 Å². The van der Waals surface area contributed by atoms with E-state index in [4.69, 9.17) is 0 Å². The molecule has 0 fully saturated rings. The summed E-state index contributed by atoms with van der Waals surface area (Å²) in [5, 5.41) is 12.7. The van der Waals surface area contributed by atoms with Crippen molar-refractivity contribution >= 4 is 28.4 Å². The Hall–Kier alpha value is -3.92. The third-order valence-electron chi connectivity index (χ3n) is 5.68. The molecule has 3 aromatic heterocycles. The van der Waals surface area contributed by atoms with Gasteiger partial charge in [0.1, 0.15) is 0 Å². The van der Waals surface area contributed by atoms with Crippen LogP contribution in [-0.4, -0.2) is 45.6 Å². The number of Topliss-reactive ketones (excluding diaryl/α,β-unsaturated/α-hetero) is 1. The van der Waals surface area contributed by atoms with Crippen molar-refractivity contribution in [3.05, 3.63) is 82.4 Å². The summed E-state index contributed by atoms with van der Waals surface area (Å²) >= 11 is 1.22. The van der Waals surface area contributed by atoms with Crippen LogP contribution in [0.15, 0.2) is 70.7 Å². The molecule has 0 spiro atoms. The monoisotopic (exact) mass is 459 g/mol. The highest BCUT2D eigenvalue weighted by molar-refractivity contribution is 8.00. The van der Waals surface area contributed by atoms with Gasteiger partial charge in [0.05, 0.1) is 16.6 Å². The van der Waals surface area contributed by atoms with Crippen LogP contribution in [0.1, 0.15) is 23.0 Å². The quantitative estimate of drug-likeness (QED) is 0.309. The maximum Gasteiger partial charge on any atom is 0.297 e. The zero-order valence-electron chi connectivity index (χ0n) is 18.3. The third kappa shape index (κ3) is 3.48. The number of carbonyl (C=O) groups excluding carboxylic acids is 1. The summed E-state index contributed by atoms with van der Waals surface area (Å²) < 4.78 is 4.76. The second-order valence-corrected chi connectivity index (χ2v) is 8.96. The fraction of sp³-hybridized carbons (Fsp3) is 0.174. The van der Waals surface area contributed by atoms with Gasteiger partial charge in [0.25, 0.3) is 5.56 Å². The van der Waals surface area contributed by atoms with Gasteiger partial charge in [-0.3, -0.25) is 14.3 Å². The summed E-state index contributed by atoms with van der Waals surface area (Å²) in [6, 6.07) is 17.0. The molecule has 0 aliphatic heterocycles. The molecule has 0 saturated carbocycles. The minimum atomic E-state index is -0.464. The van der Waals surface area contributed by atoms with Crippen LogP contribution in [0, 0.1) is 6.92 Å². The number of para-hydroxylation sites is 2. The van der Waals surface area contributed by atoms with E-state index in [-0.39, 0.29) is 11.3 Å². The Morgan fingerprint density at radius 3 is 2.61 bits per heavy atom. The first kappa shape index (κ1) is 21.0. The fourth-order valence-electron chi connectivity index (χ4n) is 3.90. The predicted octanol–water partition coefficient (Wildman–Crippen LogP) is 3.30. The van der Waals surface area contributed by atoms with Crippen LogP contribution < -0.4 is 5.56 Å². The molecular weight excluding hydrogens is 438 g/mol. The van der Waals surface area contributed by atoms with Gasteiger partial charge in [-0.2, -0.15) is 4.68 Å². The van der Waals surface area contributed by atoms with Crippen molar-refractivity contribution in [3.8, 4) is 11.4 Å². The van der Waals surface area contributed by atoms with E-state index in [1.54, 1.807) is 15.6 Å². The number of fused-ring (bicyclic) bond motifs is 1. The number of hydrogen-bond acceptors (Lipinski definition) is 6. The third-order valence-corrected chi connectivity index (χ3v) is 6.72. The number of tetrazole rings is 1. The summed E-state index contributed by atoms with van der Waals surface area (Å²) in [4.78, 5) is 29.7. The van der Waals surface area contributed by atoms with Gasteiger partial charge in [-0.15, -0.1) is 5.10 Å². The van der Waals surface area contributed by atoms with E-state index >= 15 is 0 Å². The number of thioether (sulfide) groups is 1. The Bertz CT molecular complexity index is 1530. The fourth-order valence-corrected chi connectivity index (χ4v) is 4.76. The summed E-state index contributed by atoms with van der Waals surface area (Å²) in [7, 11) is 1.81. The van der Waals surface area contributed by atoms with Crippen molar-refractivity contribution in [2.75, 3.05) is 0 Å². The van der Waals surface area contributed by atoms with E-state index in [9.17, 15) is 9.59 Å². The number of aromatic amines is 1. The minimum absolute atomic E-state index is 0.0431. The topological polar surface area (TPSA) is 103 Å². The van der Waals surface area contributed by atoms with E-state index < -0.39 is 5.25 Å². The van der Waals surface area contributed by atoms with Gasteiger partial charge in [0, 0.05) is 29.7 Å². The van der Waals surface area contributed by atoms with E-state index in [1.807, 2.05) is 75.5 Å². The largest absolute Gasteiger partial charge is 0.360 e. The lowest BCUT2D eigenvalue weighted by molar-refractivity contribution is 0.0995. The molecule has 5 rings (SSSR count). The molecule has 1 N–H and O–H groups in total. The number of ketones is 1. The van der Waals surface area contributed by atoms with Crippen molar-refractivity contribution in [1.82, 2.24) is 34.6 Å². The molecule has 0 unspecified atom stereocenters. The molecule has 0 radical (unpaired) electrons. The number of rotatable bonds is 6. The predicted molar refractivity (Wildman–Crippen MR) is 126 cm³/mol. The lowest BCUT2D eigenvalue weighted by Gasteiger charge is -2.09. The maximum absolute atomic E-state index is 13.4. The van der Waals surface area contributed by atoms with Crippen molar-refractivity contribution in [2.45, 2.75) is 24.3 Å². The lowest BCUT2D eigenvalue weighted by atomic mass is 10.1. The van der Waals surface area contributed by atoms with Gasteiger partial charge >= 0.3 is 0 Å². The molecule has 9 nitrogen and oxygen atoms in total. The molecule has 33 heavy (non-hydrogen) atoms. The molecule has 166 valence electrons. The second kappa shape index (κ2) is 8.21. The highest BCUT2D eigenvalue weighted by atomic mass is 32.2. The van der Waals surface area contributed by atoms with Crippen LogP contribution in [0.2, 0.25) is 0 Å². The Morgan fingerprint density at radius 1 is 1.09 bits per heavy atom. The molecule has 5 aromatic rings. The molecule has 1 atom stereocenters. The molecule has 0 bridgehead atoms. The summed E-state index contributed by atoms with van der Waals surface area (Å²) in [6.45, 7) is 3.65. The smallest absolute Gasteiger partial charge is 0.297 e. The van der Waals surface area contributed by atoms with Crippen LogP contribution in [0.25, 0.3) is 22.3 Å². The number of nitrogens with zero attached hydrogens (tertiary/aromatic N) is 6. The Balaban J connectivity index is 1.50. The standard InChI is InChI=1S/C23H21N7O2S/c1-14-20(22(32)30(28(14)3)16-9-5-4-6-10-16)29-23(25-26-27-29)33-15(2)21(31)18-13-24-19-12-8-7-11-17(18)19/h4-13,15,24H,1-3H3/t15-/m1/s1. The Kier molecular flexibility index (Phi) is 5.21. The van der Waals surface area contributed by atoms with Crippen molar-refractivity contribution in [1.29, 1.82) is 0 Å². The number of hydrogen-bond donors (Lipinski definition) is 1. The molecule has 0 saturated heterocycles. The van der Waals surface area contributed by atoms with Gasteiger partial charge in [-0.05, 0) is 42.5 Å². The Labute approximate surface area is 193 Å². The van der Waals surface area contributed by atoms with Gasteiger partial charge in [0.2, 0.25) is 5.16 Å². The van der Waals surface area contributed by atoms with Gasteiger partial charge in [-0.25, -0.2) is 4.68 Å².